The smallest absolute Gasteiger partial charge is 0.0517 e. The molecule has 92 valence electrons. The van der Waals surface area contributed by atoms with E-state index in [0.29, 0.717) is 5.41 Å². The van der Waals surface area contributed by atoms with Gasteiger partial charge in [-0.25, -0.2) is 0 Å². The van der Waals surface area contributed by atoms with Crippen LogP contribution in [0.2, 0.25) is 0 Å². The first kappa shape index (κ1) is 15.0. The Bertz CT molecular complexity index is 140. The van der Waals surface area contributed by atoms with Crippen molar-refractivity contribution in [2.24, 2.45) is 11.3 Å². The Hall–Kier alpha value is -0.0400. The van der Waals surface area contributed by atoms with Crippen molar-refractivity contribution in [3.8, 4) is 0 Å². The lowest BCUT2D eigenvalue weighted by atomic mass is 9.91. The second-order valence-corrected chi connectivity index (χ2v) is 5.45. The maximum Gasteiger partial charge on any atom is 0.0517 e. The third kappa shape index (κ3) is 7.84. The molecule has 0 fully saturated rings. The summed E-state index contributed by atoms with van der Waals surface area (Å²) >= 11 is 0. The Balaban J connectivity index is 3.62. The van der Waals surface area contributed by atoms with Crippen LogP contribution in [-0.4, -0.2) is 13.2 Å². The molecular weight excluding hydrogens is 184 g/mol. The summed E-state index contributed by atoms with van der Waals surface area (Å²) in [4.78, 5) is 0. The Kier molecular flexibility index (Phi) is 8.13. The molecule has 0 aromatic heterocycles. The molecule has 0 unspecified atom stereocenters. The van der Waals surface area contributed by atoms with E-state index in [-0.39, 0.29) is 0 Å². The SMILES string of the molecule is CCCC[C@H](CC)COCC(C)(C)CC. The molecule has 1 nitrogen and oxygen atoms in total. The third-order valence-corrected chi connectivity index (χ3v) is 3.35. The van der Waals surface area contributed by atoms with E-state index < -0.39 is 0 Å². The lowest BCUT2D eigenvalue weighted by molar-refractivity contribution is 0.0356. The molecule has 0 bridgehead atoms. The zero-order chi connectivity index (χ0) is 11.7. The van der Waals surface area contributed by atoms with Gasteiger partial charge in [0.2, 0.25) is 0 Å². The van der Waals surface area contributed by atoms with Crippen molar-refractivity contribution in [3.05, 3.63) is 0 Å². The van der Waals surface area contributed by atoms with Crippen molar-refractivity contribution in [3.63, 3.8) is 0 Å². The fourth-order valence-corrected chi connectivity index (χ4v) is 1.50. The molecular formula is C14H30O. The molecule has 15 heavy (non-hydrogen) atoms. The molecule has 0 aromatic carbocycles. The minimum Gasteiger partial charge on any atom is -0.381 e. The Morgan fingerprint density at radius 3 is 2.27 bits per heavy atom. The van der Waals surface area contributed by atoms with Crippen molar-refractivity contribution < 1.29 is 4.74 Å². The van der Waals surface area contributed by atoms with Gasteiger partial charge in [0.1, 0.15) is 0 Å². The first-order chi connectivity index (χ1) is 7.05. The fraction of sp³-hybridized carbons (Fsp3) is 1.00. The summed E-state index contributed by atoms with van der Waals surface area (Å²) in [5.41, 5.74) is 0.350. The summed E-state index contributed by atoms with van der Waals surface area (Å²) in [6.45, 7) is 13.2. The largest absolute Gasteiger partial charge is 0.381 e. The summed E-state index contributed by atoms with van der Waals surface area (Å²) in [5, 5.41) is 0. The van der Waals surface area contributed by atoms with Gasteiger partial charge in [0, 0.05) is 6.61 Å². The van der Waals surface area contributed by atoms with E-state index in [1.54, 1.807) is 0 Å². The lowest BCUT2D eigenvalue weighted by Crippen LogP contribution is -2.20. The lowest BCUT2D eigenvalue weighted by Gasteiger charge is -2.24. The van der Waals surface area contributed by atoms with E-state index in [4.69, 9.17) is 4.74 Å². The molecule has 0 rings (SSSR count). The van der Waals surface area contributed by atoms with Crippen molar-refractivity contribution >= 4 is 0 Å². The summed E-state index contributed by atoms with van der Waals surface area (Å²) in [7, 11) is 0. The zero-order valence-electron chi connectivity index (χ0n) is 11.4. The van der Waals surface area contributed by atoms with E-state index in [0.717, 1.165) is 19.1 Å². The number of hydrogen-bond acceptors (Lipinski definition) is 1. The van der Waals surface area contributed by atoms with Crippen LogP contribution >= 0.6 is 0 Å². The van der Waals surface area contributed by atoms with Gasteiger partial charge in [-0.05, 0) is 24.2 Å². The molecule has 0 saturated heterocycles. The average molecular weight is 214 g/mol. The van der Waals surface area contributed by atoms with Crippen LogP contribution in [0.15, 0.2) is 0 Å². The predicted octanol–water partition coefficient (Wildman–Crippen LogP) is 4.66. The molecule has 0 aliphatic heterocycles. The average Bonchev–Trinajstić information content (AvgIpc) is 2.23. The topological polar surface area (TPSA) is 9.23 Å². The zero-order valence-corrected chi connectivity index (χ0v) is 11.4. The molecule has 0 aliphatic carbocycles. The van der Waals surface area contributed by atoms with Crippen LogP contribution in [0.5, 0.6) is 0 Å². The van der Waals surface area contributed by atoms with Crippen LogP contribution in [-0.2, 0) is 4.74 Å². The number of rotatable bonds is 9. The van der Waals surface area contributed by atoms with E-state index in [2.05, 4.69) is 34.6 Å². The second kappa shape index (κ2) is 8.15. The summed E-state index contributed by atoms with van der Waals surface area (Å²) in [6.07, 6.45) is 6.43. The maximum absolute atomic E-state index is 5.84. The molecule has 1 atom stereocenters. The van der Waals surface area contributed by atoms with Crippen LogP contribution in [0.3, 0.4) is 0 Å². The molecule has 0 heterocycles. The Morgan fingerprint density at radius 2 is 1.80 bits per heavy atom. The molecule has 0 N–H and O–H groups in total. The Morgan fingerprint density at radius 1 is 1.13 bits per heavy atom. The third-order valence-electron chi connectivity index (χ3n) is 3.35. The first-order valence-electron chi connectivity index (χ1n) is 6.63. The van der Waals surface area contributed by atoms with Crippen molar-refractivity contribution in [2.75, 3.05) is 13.2 Å². The normalized spacial score (nSPS) is 14.2. The highest BCUT2D eigenvalue weighted by Gasteiger charge is 2.16. The highest BCUT2D eigenvalue weighted by molar-refractivity contribution is 4.65. The van der Waals surface area contributed by atoms with Gasteiger partial charge in [0.25, 0.3) is 0 Å². The predicted molar refractivity (Wildman–Crippen MR) is 68.2 cm³/mol. The minimum atomic E-state index is 0.350. The van der Waals surface area contributed by atoms with Gasteiger partial charge in [-0.3, -0.25) is 0 Å². The summed E-state index contributed by atoms with van der Waals surface area (Å²) < 4.78 is 5.84. The van der Waals surface area contributed by atoms with Crippen LogP contribution < -0.4 is 0 Å². The van der Waals surface area contributed by atoms with Crippen molar-refractivity contribution in [1.82, 2.24) is 0 Å². The number of unbranched alkanes of at least 4 members (excludes halogenated alkanes) is 1. The van der Waals surface area contributed by atoms with E-state index in [9.17, 15) is 0 Å². The van der Waals surface area contributed by atoms with Gasteiger partial charge >= 0.3 is 0 Å². The first-order valence-corrected chi connectivity index (χ1v) is 6.63. The van der Waals surface area contributed by atoms with Crippen LogP contribution in [0.4, 0.5) is 0 Å². The highest BCUT2D eigenvalue weighted by atomic mass is 16.5. The van der Waals surface area contributed by atoms with E-state index in [1.807, 2.05) is 0 Å². The molecule has 0 aliphatic rings. The van der Waals surface area contributed by atoms with Gasteiger partial charge in [-0.2, -0.15) is 0 Å². The molecule has 0 saturated carbocycles. The maximum atomic E-state index is 5.84. The molecule has 0 aromatic rings. The number of hydrogen-bond donors (Lipinski definition) is 0. The molecule has 0 spiro atoms. The standard InChI is InChI=1S/C14H30O/c1-6-9-10-13(7-2)11-15-12-14(4,5)8-3/h13H,6-12H2,1-5H3/t13-/m0/s1. The molecule has 0 amide bonds. The minimum absolute atomic E-state index is 0.350. The van der Waals surface area contributed by atoms with Crippen LogP contribution in [0.25, 0.3) is 0 Å². The second-order valence-electron chi connectivity index (χ2n) is 5.45. The quantitative estimate of drug-likeness (QED) is 0.542. The summed E-state index contributed by atoms with van der Waals surface area (Å²) in [5.74, 6) is 0.776. The highest BCUT2D eigenvalue weighted by Crippen LogP contribution is 2.21. The van der Waals surface area contributed by atoms with Gasteiger partial charge in [0.15, 0.2) is 0 Å². The number of ether oxygens (including phenoxy) is 1. The van der Waals surface area contributed by atoms with E-state index >= 15 is 0 Å². The van der Waals surface area contributed by atoms with Crippen LogP contribution in [0, 0.1) is 11.3 Å². The van der Waals surface area contributed by atoms with Gasteiger partial charge < -0.3 is 4.74 Å². The summed E-state index contributed by atoms with van der Waals surface area (Å²) in [6, 6.07) is 0. The monoisotopic (exact) mass is 214 g/mol. The van der Waals surface area contributed by atoms with Crippen molar-refractivity contribution in [2.45, 2.75) is 66.7 Å². The fourth-order valence-electron chi connectivity index (χ4n) is 1.50. The van der Waals surface area contributed by atoms with Gasteiger partial charge in [-0.15, -0.1) is 0 Å². The van der Waals surface area contributed by atoms with Gasteiger partial charge in [0.05, 0.1) is 6.61 Å². The van der Waals surface area contributed by atoms with Crippen LogP contribution in [0.1, 0.15) is 66.7 Å². The molecule has 1 heteroatoms. The van der Waals surface area contributed by atoms with Crippen molar-refractivity contribution in [1.29, 1.82) is 0 Å². The van der Waals surface area contributed by atoms with E-state index in [1.165, 1.54) is 32.1 Å². The molecule has 0 radical (unpaired) electrons. The van der Waals surface area contributed by atoms with Gasteiger partial charge in [-0.1, -0.05) is 53.9 Å². The Labute approximate surface area is 96.6 Å².